The van der Waals surface area contributed by atoms with Crippen molar-refractivity contribution in [1.29, 1.82) is 0 Å². The minimum absolute atomic E-state index is 0.0692. The summed E-state index contributed by atoms with van der Waals surface area (Å²) in [7, 11) is 0. The SMILES string of the molecule is CC(Cc1ccsc1)NC(=O)[C@@H](N)C(C)(C)C. The first-order valence-electron chi connectivity index (χ1n) is 5.87. The third-order valence-electron chi connectivity index (χ3n) is 2.73. The zero-order valence-electron chi connectivity index (χ0n) is 11.0. The van der Waals surface area contributed by atoms with Gasteiger partial charge in [0.25, 0.3) is 0 Å². The number of rotatable bonds is 4. The molecule has 2 atom stereocenters. The Morgan fingerprint density at radius 3 is 2.65 bits per heavy atom. The molecule has 0 saturated carbocycles. The number of carbonyl (C=O) groups excluding carboxylic acids is 1. The molecule has 1 unspecified atom stereocenters. The van der Waals surface area contributed by atoms with Crippen LogP contribution in [0.25, 0.3) is 0 Å². The highest BCUT2D eigenvalue weighted by Gasteiger charge is 2.28. The summed E-state index contributed by atoms with van der Waals surface area (Å²) in [6.07, 6.45) is 0.853. The van der Waals surface area contributed by atoms with E-state index in [9.17, 15) is 4.79 Å². The summed E-state index contributed by atoms with van der Waals surface area (Å²) in [6, 6.07) is 1.73. The van der Waals surface area contributed by atoms with Crippen LogP contribution in [0.15, 0.2) is 16.8 Å². The van der Waals surface area contributed by atoms with E-state index >= 15 is 0 Å². The second kappa shape index (κ2) is 5.65. The highest BCUT2D eigenvalue weighted by atomic mass is 32.1. The summed E-state index contributed by atoms with van der Waals surface area (Å²) in [5.74, 6) is -0.0692. The van der Waals surface area contributed by atoms with E-state index < -0.39 is 6.04 Å². The molecule has 1 amide bonds. The Labute approximate surface area is 107 Å². The molecular formula is C13H22N2OS. The third kappa shape index (κ3) is 4.48. The monoisotopic (exact) mass is 254 g/mol. The highest BCUT2D eigenvalue weighted by molar-refractivity contribution is 7.07. The van der Waals surface area contributed by atoms with Crippen molar-refractivity contribution < 1.29 is 4.79 Å². The lowest BCUT2D eigenvalue weighted by molar-refractivity contribution is -0.125. The van der Waals surface area contributed by atoms with Crippen LogP contribution in [0.2, 0.25) is 0 Å². The molecule has 0 saturated heterocycles. The van der Waals surface area contributed by atoms with Crippen molar-refractivity contribution in [1.82, 2.24) is 5.32 Å². The molecule has 96 valence electrons. The molecule has 0 aliphatic carbocycles. The van der Waals surface area contributed by atoms with Crippen LogP contribution in [0.3, 0.4) is 0 Å². The molecule has 1 aromatic rings. The number of nitrogens with two attached hydrogens (primary N) is 1. The molecule has 3 N–H and O–H groups in total. The Morgan fingerprint density at radius 1 is 1.53 bits per heavy atom. The summed E-state index contributed by atoms with van der Waals surface area (Å²) >= 11 is 1.67. The molecule has 4 heteroatoms. The number of hydrogen-bond donors (Lipinski definition) is 2. The van der Waals surface area contributed by atoms with Crippen LogP contribution in [0, 0.1) is 5.41 Å². The van der Waals surface area contributed by atoms with E-state index in [0.717, 1.165) is 6.42 Å². The average Bonchev–Trinajstić information content (AvgIpc) is 2.67. The van der Waals surface area contributed by atoms with Gasteiger partial charge in [-0.15, -0.1) is 0 Å². The first-order chi connectivity index (χ1) is 7.80. The van der Waals surface area contributed by atoms with E-state index in [1.54, 1.807) is 11.3 Å². The predicted molar refractivity (Wildman–Crippen MR) is 73.1 cm³/mol. The first kappa shape index (κ1) is 14.2. The second-order valence-corrected chi connectivity index (χ2v) is 6.37. The normalized spacial score (nSPS) is 15.4. The van der Waals surface area contributed by atoms with Gasteiger partial charge in [0.1, 0.15) is 0 Å². The Kier molecular flexibility index (Phi) is 4.71. The smallest absolute Gasteiger partial charge is 0.237 e. The maximum absolute atomic E-state index is 11.9. The zero-order valence-corrected chi connectivity index (χ0v) is 11.8. The van der Waals surface area contributed by atoms with E-state index in [-0.39, 0.29) is 17.4 Å². The number of nitrogens with one attached hydrogen (secondary N) is 1. The van der Waals surface area contributed by atoms with Gasteiger partial charge >= 0.3 is 0 Å². The molecule has 0 aliphatic rings. The molecule has 1 heterocycles. The fourth-order valence-electron chi connectivity index (χ4n) is 1.54. The fraction of sp³-hybridized carbons (Fsp3) is 0.615. The summed E-state index contributed by atoms with van der Waals surface area (Å²) in [5.41, 5.74) is 6.96. The van der Waals surface area contributed by atoms with E-state index in [2.05, 4.69) is 16.8 Å². The number of thiophene rings is 1. The van der Waals surface area contributed by atoms with Crippen LogP contribution in [0.5, 0.6) is 0 Å². The van der Waals surface area contributed by atoms with E-state index in [1.807, 2.05) is 33.1 Å². The molecule has 1 aromatic heterocycles. The lowest BCUT2D eigenvalue weighted by atomic mass is 9.87. The average molecular weight is 254 g/mol. The second-order valence-electron chi connectivity index (χ2n) is 5.59. The van der Waals surface area contributed by atoms with E-state index in [1.165, 1.54) is 5.56 Å². The topological polar surface area (TPSA) is 55.1 Å². The van der Waals surface area contributed by atoms with E-state index in [0.29, 0.717) is 0 Å². The molecule has 17 heavy (non-hydrogen) atoms. The van der Waals surface area contributed by atoms with Crippen LogP contribution in [0.1, 0.15) is 33.3 Å². The summed E-state index contributed by atoms with van der Waals surface area (Å²) in [4.78, 5) is 11.9. The van der Waals surface area contributed by atoms with Crippen LogP contribution in [0.4, 0.5) is 0 Å². The molecule has 0 radical (unpaired) electrons. The highest BCUT2D eigenvalue weighted by Crippen LogP contribution is 2.17. The number of hydrogen-bond acceptors (Lipinski definition) is 3. The van der Waals surface area contributed by atoms with Gasteiger partial charge in [-0.3, -0.25) is 4.79 Å². The lowest BCUT2D eigenvalue weighted by Gasteiger charge is -2.27. The summed E-state index contributed by atoms with van der Waals surface area (Å²) in [6.45, 7) is 7.92. The molecule has 1 rings (SSSR count). The van der Waals surface area contributed by atoms with Crippen LogP contribution >= 0.6 is 11.3 Å². The third-order valence-corrected chi connectivity index (χ3v) is 3.46. The molecule has 0 bridgehead atoms. The van der Waals surface area contributed by atoms with Gasteiger partial charge in [-0.1, -0.05) is 20.8 Å². The number of amides is 1. The molecule has 3 nitrogen and oxygen atoms in total. The number of carbonyl (C=O) groups is 1. The van der Waals surface area contributed by atoms with Crippen molar-refractivity contribution in [3.63, 3.8) is 0 Å². The van der Waals surface area contributed by atoms with Crippen LogP contribution in [-0.2, 0) is 11.2 Å². The first-order valence-corrected chi connectivity index (χ1v) is 6.82. The van der Waals surface area contributed by atoms with Gasteiger partial charge in [0.05, 0.1) is 6.04 Å². The maximum atomic E-state index is 11.9. The van der Waals surface area contributed by atoms with Crippen molar-refractivity contribution in [2.24, 2.45) is 11.1 Å². The molecule has 0 aliphatic heterocycles. The Morgan fingerprint density at radius 2 is 2.18 bits per heavy atom. The van der Waals surface area contributed by atoms with Crippen molar-refractivity contribution >= 4 is 17.2 Å². The predicted octanol–water partition coefficient (Wildman–Crippen LogP) is 2.17. The van der Waals surface area contributed by atoms with Gasteiger partial charge in [0.2, 0.25) is 5.91 Å². The fourth-order valence-corrected chi connectivity index (χ4v) is 2.22. The van der Waals surface area contributed by atoms with E-state index in [4.69, 9.17) is 5.73 Å². The van der Waals surface area contributed by atoms with Crippen LogP contribution < -0.4 is 11.1 Å². The van der Waals surface area contributed by atoms with Crippen molar-refractivity contribution in [3.05, 3.63) is 22.4 Å². The minimum atomic E-state index is -0.465. The summed E-state index contributed by atoms with van der Waals surface area (Å²) < 4.78 is 0. The maximum Gasteiger partial charge on any atom is 0.237 e. The van der Waals surface area contributed by atoms with Gasteiger partial charge in [-0.2, -0.15) is 11.3 Å². The molecule has 0 aromatic carbocycles. The molecular weight excluding hydrogens is 232 g/mol. The van der Waals surface area contributed by atoms with Gasteiger partial charge in [0, 0.05) is 6.04 Å². The lowest BCUT2D eigenvalue weighted by Crippen LogP contribution is -2.51. The molecule has 0 fully saturated rings. The van der Waals surface area contributed by atoms with Gasteiger partial charge < -0.3 is 11.1 Å². The Balaban J connectivity index is 2.46. The van der Waals surface area contributed by atoms with Crippen molar-refractivity contribution in [2.75, 3.05) is 0 Å². The zero-order chi connectivity index (χ0) is 13.1. The van der Waals surface area contributed by atoms with Crippen LogP contribution in [-0.4, -0.2) is 18.0 Å². The molecule has 0 spiro atoms. The van der Waals surface area contributed by atoms with Gasteiger partial charge in [-0.25, -0.2) is 0 Å². The minimum Gasteiger partial charge on any atom is -0.352 e. The quantitative estimate of drug-likeness (QED) is 0.865. The Hall–Kier alpha value is -0.870. The standard InChI is InChI=1S/C13H22N2OS/c1-9(7-10-5-6-17-8-10)15-12(16)11(14)13(2,3)4/h5-6,8-9,11H,7,14H2,1-4H3,(H,15,16)/t9?,11-/m1/s1. The summed E-state index contributed by atoms with van der Waals surface area (Å²) in [5, 5.41) is 7.12. The Bertz CT molecular complexity index is 354. The van der Waals surface area contributed by atoms with Gasteiger partial charge in [-0.05, 0) is 41.1 Å². The van der Waals surface area contributed by atoms with Crippen molar-refractivity contribution in [3.8, 4) is 0 Å². The van der Waals surface area contributed by atoms with Crippen molar-refractivity contribution in [2.45, 2.75) is 46.2 Å². The largest absolute Gasteiger partial charge is 0.352 e. The van der Waals surface area contributed by atoms with Gasteiger partial charge in [0.15, 0.2) is 0 Å².